The normalized spacial score (nSPS) is 26.4. The average Bonchev–Trinajstić information content (AvgIpc) is 2.68. The van der Waals surface area contributed by atoms with E-state index in [4.69, 9.17) is 10.5 Å². The maximum atomic E-state index is 10.9. The number of rotatable bonds is 4. The van der Waals surface area contributed by atoms with Crippen LogP contribution in [0, 0.1) is 16.0 Å². The minimum Gasteiger partial charge on any atom is -0.496 e. The summed E-state index contributed by atoms with van der Waals surface area (Å²) in [7, 11) is 1.51. The topological polar surface area (TPSA) is 78.4 Å². The van der Waals surface area contributed by atoms with E-state index in [-0.39, 0.29) is 11.2 Å². The molecule has 0 bridgehead atoms. The van der Waals surface area contributed by atoms with Crippen LogP contribution in [0.2, 0.25) is 0 Å². The largest absolute Gasteiger partial charge is 0.496 e. The number of non-ortho nitro benzene ring substituents is 1. The summed E-state index contributed by atoms with van der Waals surface area (Å²) >= 11 is 0. The molecule has 2 unspecified atom stereocenters. The quantitative estimate of drug-likeness (QED) is 0.669. The van der Waals surface area contributed by atoms with Crippen molar-refractivity contribution in [3.05, 3.63) is 33.9 Å². The lowest BCUT2D eigenvalue weighted by Crippen LogP contribution is -2.39. The van der Waals surface area contributed by atoms with E-state index in [2.05, 4.69) is 6.92 Å². The lowest BCUT2D eigenvalue weighted by atomic mass is 9.89. The van der Waals surface area contributed by atoms with Gasteiger partial charge in [-0.15, -0.1) is 0 Å². The molecule has 0 heterocycles. The Labute approximate surface area is 112 Å². The summed E-state index contributed by atoms with van der Waals surface area (Å²) in [5.41, 5.74) is 7.09. The summed E-state index contributed by atoms with van der Waals surface area (Å²) in [6, 6.07) is 4.87. The fourth-order valence-electron chi connectivity index (χ4n) is 2.97. The van der Waals surface area contributed by atoms with E-state index in [1.165, 1.54) is 13.2 Å². The highest BCUT2D eigenvalue weighted by atomic mass is 16.6. The number of ether oxygens (including phenoxy) is 1. The molecule has 19 heavy (non-hydrogen) atoms. The van der Waals surface area contributed by atoms with Crippen molar-refractivity contribution in [1.82, 2.24) is 0 Å². The molecule has 0 radical (unpaired) electrons. The molecule has 1 aromatic carbocycles. The van der Waals surface area contributed by atoms with Crippen LogP contribution < -0.4 is 10.5 Å². The van der Waals surface area contributed by atoms with Crippen LogP contribution in [0.5, 0.6) is 5.75 Å². The molecule has 5 nitrogen and oxygen atoms in total. The van der Waals surface area contributed by atoms with Gasteiger partial charge in [0.05, 0.1) is 18.1 Å². The van der Waals surface area contributed by atoms with Crippen LogP contribution in [0.4, 0.5) is 5.69 Å². The van der Waals surface area contributed by atoms with Crippen molar-refractivity contribution in [2.24, 2.45) is 11.7 Å². The van der Waals surface area contributed by atoms with Crippen LogP contribution in [0.25, 0.3) is 0 Å². The Bertz CT molecular complexity index is 490. The monoisotopic (exact) mass is 264 g/mol. The van der Waals surface area contributed by atoms with Crippen molar-refractivity contribution in [2.45, 2.75) is 38.1 Å². The third-order valence-corrected chi connectivity index (χ3v) is 3.84. The highest BCUT2D eigenvalue weighted by Gasteiger charge is 2.34. The standard InChI is InChI=1S/C14H20N2O3/c1-10-3-4-14(15,8-10)9-11-5-12(16(17)18)7-13(6-11)19-2/h5-7,10H,3-4,8-9,15H2,1-2H3. The SMILES string of the molecule is COc1cc(CC2(N)CCC(C)C2)cc([N+](=O)[O-])c1. The fraction of sp³-hybridized carbons (Fsp3) is 0.571. The molecule has 0 aromatic heterocycles. The number of nitro benzene ring substituents is 1. The molecular weight excluding hydrogens is 244 g/mol. The highest BCUT2D eigenvalue weighted by Crippen LogP contribution is 2.36. The zero-order valence-corrected chi connectivity index (χ0v) is 11.4. The van der Waals surface area contributed by atoms with E-state index in [9.17, 15) is 10.1 Å². The molecule has 0 spiro atoms. The Morgan fingerprint density at radius 2 is 2.26 bits per heavy atom. The van der Waals surface area contributed by atoms with E-state index in [1.807, 2.05) is 6.07 Å². The van der Waals surface area contributed by atoms with Gasteiger partial charge in [0.2, 0.25) is 0 Å². The second kappa shape index (κ2) is 5.17. The Balaban J connectivity index is 2.24. The van der Waals surface area contributed by atoms with Gasteiger partial charge in [-0.05, 0) is 43.2 Å². The van der Waals surface area contributed by atoms with Crippen molar-refractivity contribution in [2.75, 3.05) is 7.11 Å². The number of hydrogen-bond donors (Lipinski definition) is 1. The number of benzene rings is 1. The average molecular weight is 264 g/mol. The number of nitrogens with zero attached hydrogens (tertiary/aromatic N) is 1. The van der Waals surface area contributed by atoms with Crippen LogP contribution in [0.3, 0.4) is 0 Å². The number of methoxy groups -OCH3 is 1. The van der Waals surface area contributed by atoms with Gasteiger partial charge < -0.3 is 10.5 Å². The van der Waals surface area contributed by atoms with E-state index in [1.54, 1.807) is 6.07 Å². The molecule has 2 N–H and O–H groups in total. The number of hydrogen-bond acceptors (Lipinski definition) is 4. The summed E-state index contributed by atoms with van der Waals surface area (Å²) in [4.78, 5) is 10.5. The molecule has 5 heteroatoms. The Morgan fingerprint density at radius 1 is 1.53 bits per heavy atom. The van der Waals surface area contributed by atoms with Crippen LogP contribution >= 0.6 is 0 Å². The van der Waals surface area contributed by atoms with E-state index in [0.717, 1.165) is 24.8 Å². The second-order valence-electron chi connectivity index (χ2n) is 5.68. The number of nitro groups is 1. The minimum atomic E-state index is -0.396. The van der Waals surface area contributed by atoms with Crippen LogP contribution in [-0.2, 0) is 6.42 Å². The van der Waals surface area contributed by atoms with Crippen LogP contribution in [0.1, 0.15) is 31.7 Å². The van der Waals surface area contributed by atoms with Crippen molar-refractivity contribution >= 4 is 5.69 Å². The van der Waals surface area contributed by atoms with Crippen molar-refractivity contribution in [3.63, 3.8) is 0 Å². The van der Waals surface area contributed by atoms with Crippen LogP contribution in [0.15, 0.2) is 18.2 Å². The maximum Gasteiger partial charge on any atom is 0.273 e. The van der Waals surface area contributed by atoms with Gasteiger partial charge in [-0.25, -0.2) is 0 Å². The summed E-state index contributed by atoms with van der Waals surface area (Å²) in [5.74, 6) is 1.14. The summed E-state index contributed by atoms with van der Waals surface area (Å²) in [6.07, 6.45) is 3.73. The third-order valence-electron chi connectivity index (χ3n) is 3.84. The molecule has 1 aromatic rings. The number of nitrogens with two attached hydrogens (primary N) is 1. The van der Waals surface area contributed by atoms with Gasteiger partial charge in [0.1, 0.15) is 5.75 Å². The van der Waals surface area contributed by atoms with Gasteiger partial charge >= 0.3 is 0 Å². The molecule has 1 saturated carbocycles. The Hall–Kier alpha value is -1.62. The lowest BCUT2D eigenvalue weighted by Gasteiger charge is -2.24. The van der Waals surface area contributed by atoms with Gasteiger partial charge in [0.15, 0.2) is 0 Å². The molecule has 1 aliphatic rings. The van der Waals surface area contributed by atoms with Crippen molar-refractivity contribution in [3.8, 4) is 5.75 Å². The minimum absolute atomic E-state index is 0.0593. The van der Waals surface area contributed by atoms with E-state index >= 15 is 0 Å². The van der Waals surface area contributed by atoms with Crippen molar-refractivity contribution in [1.29, 1.82) is 0 Å². The zero-order valence-electron chi connectivity index (χ0n) is 11.4. The smallest absolute Gasteiger partial charge is 0.273 e. The molecule has 1 fully saturated rings. The Kier molecular flexibility index (Phi) is 3.75. The van der Waals surface area contributed by atoms with Gasteiger partial charge in [-0.3, -0.25) is 10.1 Å². The summed E-state index contributed by atoms with van der Waals surface area (Å²) in [6.45, 7) is 2.20. The molecule has 2 atom stereocenters. The third kappa shape index (κ3) is 3.23. The molecule has 0 saturated heterocycles. The first-order valence-corrected chi connectivity index (χ1v) is 6.53. The van der Waals surface area contributed by atoms with Gasteiger partial charge in [-0.2, -0.15) is 0 Å². The van der Waals surface area contributed by atoms with Gasteiger partial charge in [0, 0.05) is 11.6 Å². The van der Waals surface area contributed by atoms with E-state index < -0.39 is 4.92 Å². The highest BCUT2D eigenvalue weighted by molar-refractivity contribution is 5.43. The first-order chi connectivity index (χ1) is 8.92. The lowest BCUT2D eigenvalue weighted by molar-refractivity contribution is -0.385. The van der Waals surface area contributed by atoms with Gasteiger partial charge in [0.25, 0.3) is 5.69 Å². The molecule has 0 amide bonds. The molecule has 0 aliphatic heterocycles. The van der Waals surface area contributed by atoms with Crippen molar-refractivity contribution < 1.29 is 9.66 Å². The second-order valence-corrected chi connectivity index (χ2v) is 5.68. The predicted octanol–water partition coefficient (Wildman–Crippen LogP) is 2.66. The Morgan fingerprint density at radius 3 is 2.79 bits per heavy atom. The maximum absolute atomic E-state index is 10.9. The molecule has 1 aliphatic carbocycles. The first-order valence-electron chi connectivity index (χ1n) is 6.53. The fourth-order valence-corrected chi connectivity index (χ4v) is 2.97. The molecule has 2 rings (SSSR count). The first kappa shape index (κ1) is 13.8. The molecular formula is C14H20N2O3. The van der Waals surface area contributed by atoms with E-state index in [0.29, 0.717) is 18.1 Å². The van der Waals surface area contributed by atoms with Gasteiger partial charge in [-0.1, -0.05) is 6.92 Å². The summed E-state index contributed by atoms with van der Waals surface area (Å²) in [5, 5.41) is 10.9. The zero-order chi connectivity index (χ0) is 14.0. The predicted molar refractivity (Wildman–Crippen MR) is 73.3 cm³/mol. The molecule has 104 valence electrons. The van der Waals surface area contributed by atoms with Crippen LogP contribution in [-0.4, -0.2) is 17.6 Å². The summed E-state index contributed by atoms with van der Waals surface area (Å²) < 4.78 is 5.12.